The lowest BCUT2D eigenvalue weighted by Crippen LogP contribution is -2.41. The van der Waals surface area contributed by atoms with Gasteiger partial charge in [-0.1, -0.05) is 15.9 Å². The van der Waals surface area contributed by atoms with Crippen molar-refractivity contribution in [2.45, 2.75) is 18.9 Å². The average molecular weight is 408 g/mol. The van der Waals surface area contributed by atoms with Crippen molar-refractivity contribution in [3.05, 3.63) is 32.7 Å². The van der Waals surface area contributed by atoms with Crippen LogP contribution in [-0.4, -0.2) is 28.9 Å². The Balaban J connectivity index is 2.80. The van der Waals surface area contributed by atoms with Gasteiger partial charge in [0.05, 0.1) is 5.56 Å². The van der Waals surface area contributed by atoms with Gasteiger partial charge in [-0.2, -0.15) is 0 Å². The number of carboxylic acids is 1. The van der Waals surface area contributed by atoms with E-state index in [2.05, 4.69) is 37.2 Å². The fourth-order valence-corrected chi connectivity index (χ4v) is 2.68. The van der Waals surface area contributed by atoms with Crippen LogP contribution >= 0.6 is 31.9 Å². The van der Waals surface area contributed by atoms with E-state index >= 15 is 0 Å². The van der Waals surface area contributed by atoms with Gasteiger partial charge in [-0.15, -0.1) is 0 Å². The molecule has 0 unspecified atom stereocenters. The highest BCUT2D eigenvalue weighted by Gasteiger charge is 2.22. The Hall–Kier alpha value is -1.41. The van der Waals surface area contributed by atoms with E-state index in [0.29, 0.717) is 10.0 Å². The summed E-state index contributed by atoms with van der Waals surface area (Å²) in [6, 6.07) is 3.73. The molecule has 0 aliphatic carbocycles. The van der Waals surface area contributed by atoms with E-state index in [1.54, 1.807) is 18.2 Å². The van der Waals surface area contributed by atoms with Gasteiger partial charge in [-0.05, 0) is 40.5 Å². The molecule has 0 heterocycles. The van der Waals surface area contributed by atoms with Gasteiger partial charge in [0.1, 0.15) is 6.04 Å². The number of rotatable bonds is 6. The van der Waals surface area contributed by atoms with Gasteiger partial charge in [0, 0.05) is 15.4 Å². The predicted molar refractivity (Wildman–Crippen MR) is 79.2 cm³/mol. The quantitative estimate of drug-likeness (QED) is 0.665. The third kappa shape index (κ3) is 4.93. The number of primary amides is 1. The minimum Gasteiger partial charge on any atom is -0.480 e. The van der Waals surface area contributed by atoms with Gasteiger partial charge in [-0.3, -0.25) is 9.59 Å². The van der Waals surface area contributed by atoms with E-state index in [0.717, 1.165) is 4.47 Å². The fourth-order valence-electron chi connectivity index (χ4n) is 1.45. The van der Waals surface area contributed by atoms with Crippen LogP contribution in [0.25, 0.3) is 0 Å². The first kappa shape index (κ1) is 16.6. The molecular weight excluding hydrogens is 396 g/mol. The molecule has 8 heteroatoms. The van der Waals surface area contributed by atoms with Gasteiger partial charge < -0.3 is 16.2 Å². The van der Waals surface area contributed by atoms with E-state index in [-0.39, 0.29) is 12.8 Å². The third-order valence-corrected chi connectivity index (χ3v) is 3.61. The number of halogens is 2. The van der Waals surface area contributed by atoms with Crippen molar-refractivity contribution in [2.75, 3.05) is 0 Å². The van der Waals surface area contributed by atoms with Crippen LogP contribution in [0.1, 0.15) is 23.2 Å². The normalized spacial score (nSPS) is 11.7. The van der Waals surface area contributed by atoms with Crippen molar-refractivity contribution in [3.63, 3.8) is 0 Å². The number of hydrogen-bond donors (Lipinski definition) is 3. The van der Waals surface area contributed by atoms with Crippen molar-refractivity contribution < 1.29 is 19.5 Å². The first-order valence-electron chi connectivity index (χ1n) is 5.58. The number of nitrogens with one attached hydrogen (secondary N) is 1. The Kier molecular flexibility index (Phi) is 6.15. The van der Waals surface area contributed by atoms with Gasteiger partial charge in [-0.25, -0.2) is 4.79 Å². The van der Waals surface area contributed by atoms with E-state index in [4.69, 9.17) is 10.8 Å². The SMILES string of the molecule is NC(=O)CC[C@H](NC(=O)c1ccc(Br)cc1Br)C(=O)O. The lowest BCUT2D eigenvalue weighted by atomic mass is 10.1. The maximum Gasteiger partial charge on any atom is 0.326 e. The molecule has 0 saturated heterocycles. The van der Waals surface area contributed by atoms with Crippen molar-refractivity contribution in [2.24, 2.45) is 5.73 Å². The lowest BCUT2D eigenvalue weighted by Gasteiger charge is -2.14. The van der Waals surface area contributed by atoms with Crippen molar-refractivity contribution in [1.29, 1.82) is 0 Å². The molecule has 108 valence electrons. The number of carboxylic acid groups (broad SMARTS) is 1. The van der Waals surface area contributed by atoms with Crippen molar-refractivity contribution in [3.8, 4) is 0 Å². The minimum atomic E-state index is -1.21. The summed E-state index contributed by atoms with van der Waals surface area (Å²) in [5.74, 6) is -2.37. The maximum absolute atomic E-state index is 12.0. The molecular formula is C12H12Br2N2O4. The van der Waals surface area contributed by atoms with Crippen molar-refractivity contribution in [1.82, 2.24) is 5.32 Å². The highest BCUT2D eigenvalue weighted by atomic mass is 79.9. The van der Waals surface area contributed by atoms with Gasteiger partial charge in [0.2, 0.25) is 5.91 Å². The van der Waals surface area contributed by atoms with Crippen LogP contribution in [0, 0.1) is 0 Å². The summed E-state index contributed by atoms with van der Waals surface area (Å²) < 4.78 is 1.31. The predicted octanol–water partition coefficient (Wildman–Crippen LogP) is 1.66. The molecule has 1 atom stereocenters. The minimum absolute atomic E-state index is 0.0510. The van der Waals surface area contributed by atoms with Crippen LogP contribution in [0.3, 0.4) is 0 Å². The number of nitrogens with two attached hydrogens (primary N) is 1. The summed E-state index contributed by atoms with van der Waals surface area (Å²) in [6.07, 6.45) is -0.163. The molecule has 20 heavy (non-hydrogen) atoms. The Morgan fingerprint density at radius 1 is 1.30 bits per heavy atom. The Morgan fingerprint density at radius 2 is 1.95 bits per heavy atom. The highest BCUT2D eigenvalue weighted by Crippen LogP contribution is 2.22. The Labute approximate surface area is 132 Å². The van der Waals surface area contributed by atoms with E-state index in [9.17, 15) is 14.4 Å². The third-order valence-electron chi connectivity index (χ3n) is 2.46. The summed E-state index contributed by atoms with van der Waals surface area (Å²) in [5.41, 5.74) is 5.27. The molecule has 0 bridgehead atoms. The van der Waals surface area contributed by atoms with Crippen LogP contribution in [0.2, 0.25) is 0 Å². The highest BCUT2D eigenvalue weighted by molar-refractivity contribution is 9.11. The van der Waals surface area contributed by atoms with E-state index in [1.807, 2.05) is 0 Å². The van der Waals surface area contributed by atoms with E-state index in [1.165, 1.54) is 0 Å². The molecule has 0 spiro atoms. The molecule has 4 N–H and O–H groups in total. The Bertz CT molecular complexity index is 548. The summed E-state index contributed by atoms with van der Waals surface area (Å²) >= 11 is 6.48. The summed E-state index contributed by atoms with van der Waals surface area (Å²) in [5, 5.41) is 11.4. The second-order valence-corrected chi connectivity index (χ2v) is 5.76. The molecule has 2 amide bonds. The van der Waals surface area contributed by atoms with Crippen LogP contribution in [0.15, 0.2) is 27.1 Å². The van der Waals surface area contributed by atoms with Crippen LogP contribution in [-0.2, 0) is 9.59 Å². The van der Waals surface area contributed by atoms with Crippen LogP contribution < -0.4 is 11.1 Å². The summed E-state index contributed by atoms with van der Waals surface area (Å²) in [6.45, 7) is 0. The number of carbonyl (C=O) groups is 3. The summed E-state index contributed by atoms with van der Waals surface area (Å²) in [4.78, 5) is 33.7. The van der Waals surface area contributed by atoms with Gasteiger partial charge in [0.25, 0.3) is 5.91 Å². The zero-order chi connectivity index (χ0) is 15.3. The Morgan fingerprint density at radius 3 is 2.45 bits per heavy atom. The molecule has 0 radical (unpaired) electrons. The lowest BCUT2D eigenvalue weighted by molar-refractivity contribution is -0.139. The molecule has 1 aromatic carbocycles. The first-order valence-corrected chi connectivity index (χ1v) is 7.17. The monoisotopic (exact) mass is 406 g/mol. The summed E-state index contributed by atoms with van der Waals surface area (Å²) in [7, 11) is 0. The first-order chi connectivity index (χ1) is 9.31. The van der Waals surface area contributed by atoms with Gasteiger partial charge in [0.15, 0.2) is 0 Å². The van der Waals surface area contributed by atoms with Crippen LogP contribution in [0.4, 0.5) is 0 Å². The van der Waals surface area contributed by atoms with Crippen LogP contribution in [0.5, 0.6) is 0 Å². The molecule has 6 nitrogen and oxygen atoms in total. The molecule has 0 aromatic heterocycles. The standard InChI is InChI=1S/C12H12Br2N2O4/c13-6-1-2-7(8(14)5-6)11(18)16-9(12(19)20)3-4-10(15)17/h1-2,5,9H,3-4H2,(H2,15,17)(H,16,18)(H,19,20)/t9-/m0/s1. The molecule has 0 aliphatic rings. The number of benzene rings is 1. The topological polar surface area (TPSA) is 109 Å². The second kappa shape index (κ2) is 7.39. The molecule has 0 saturated carbocycles. The number of carbonyl (C=O) groups excluding carboxylic acids is 2. The molecule has 0 fully saturated rings. The number of aliphatic carboxylic acids is 1. The van der Waals surface area contributed by atoms with Crippen molar-refractivity contribution >= 4 is 49.6 Å². The number of hydrogen-bond acceptors (Lipinski definition) is 3. The zero-order valence-corrected chi connectivity index (χ0v) is 13.4. The van der Waals surface area contributed by atoms with E-state index < -0.39 is 23.8 Å². The second-order valence-electron chi connectivity index (χ2n) is 3.99. The largest absolute Gasteiger partial charge is 0.480 e. The molecule has 1 rings (SSSR count). The zero-order valence-electron chi connectivity index (χ0n) is 10.2. The van der Waals surface area contributed by atoms with Gasteiger partial charge >= 0.3 is 5.97 Å². The molecule has 0 aliphatic heterocycles. The number of amides is 2. The maximum atomic E-state index is 12.0. The average Bonchev–Trinajstić information content (AvgIpc) is 2.33. The fraction of sp³-hybridized carbons (Fsp3) is 0.250. The smallest absolute Gasteiger partial charge is 0.326 e. The molecule has 1 aromatic rings.